The normalized spacial score (nSPS) is 14.7. The molecule has 40 heavy (non-hydrogen) atoms. The maximum atomic E-state index is 14.1. The molecule has 1 aromatic heterocycles. The molecule has 0 bridgehead atoms. The van der Waals surface area contributed by atoms with Gasteiger partial charge in [-0.25, -0.2) is 9.78 Å². The van der Waals surface area contributed by atoms with Crippen molar-refractivity contribution in [3.8, 4) is 5.75 Å². The van der Waals surface area contributed by atoms with Gasteiger partial charge in [0.25, 0.3) is 0 Å². The highest BCUT2D eigenvalue weighted by atomic mass is 35.5. The minimum atomic E-state index is -1.05. The number of aryl methyl sites for hydroxylation is 3. The summed E-state index contributed by atoms with van der Waals surface area (Å²) in [4.78, 5) is 32.7. The van der Waals surface area contributed by atoms with E-state index in [1.165, 1.54) is 4.90 Å². The molecule has 1 N–H and O–H groups in total. The molecule has 0 fully saturated rings. The first-order valence-corrected chi connectivity index (χ1v) is 13.7. The fourth-order valence-electron chi connectivity index (χ4n) is 5.33. The number of carboxylic acids is 1. The molecule has 0 radical (unpaired) electrons. The third-order valence-electron chi connectivity index (χ3n) is 7.44. The molecule has 0 saturated carbocycles. The van der Waals surface area contributed by atoms with Crippen LogP contribution in [0.1, 0.15) is 39.6 Å². The summed E-state index contributed by atoms with van der Waals surface area (Å²) >= 11 is 12.2. The zero-order chi connectivity index (χ0) is 28.4. The molecule has 7 nitrogen and oxygen atoms in total. The van der Waals surface area contributed by atoms with Crippen LogP contribution >= 0.6 is 23.2 Å². The van der Waals surface area contributed by atoms with Gasteiger partial charge in [0.1, 0.15) is 11.8 Å². The van der Waals surface area contributed by atoms with Gasteiger partial charge in [-0.15, -0.1) is 0 Å². The Kier molecular flexibility index (Phi) is 8.14. The zero-order valence-corrected chi connectivity index (χ0v) is 23.7. The summed E-state index contributed by atoms with van der Waals surface area (Å²) < 4.78 is 7.36. The van der Waals surface area contributed by atoms with Gasteiger partial charge in [-0.05, 0) is 65.9 Å². The number of halogens is 2. The van der Waals surface area contributed by atoms with E-state index < -0.39 is 17.9 Å². The fourth-order valence-corrected chi connectivity index (χ4v) is 5.58. The first-order chi connectivity index (χ1) is 19.2. The Hall–Kier alpha value is -3.81. The van der Waals surface area contributed by atoms with Crippen molar-refractivity contribution in [2.75, 3.05) is 7.11 Å². The molecular weight excluding hydrogens is 549 g/mol. The van der Waals surface area contributed by atoms with E-state index in [0.717, 1.165) is 29.0 Å². The maximum absolute atomic E-state index is 14.1. The summed E-state index contributed by atoms with van der Waals surface area (Å²) in [5, 5.41) is 11.3. The van der Waals surface area contributed by atoms with Crippen LogP contribution in [0.25, 0.3) is 0 Å². The summed E-state index contributed by atoms with van der Waals surface area (Å²) in [5.41, 5.74) is 5.19. The fraction of sp³-hybridized carbons (Fsp3) is 0.258. The van der Waals surface area contributed by atoms with Crippen molar-refractivity contribution in [2.45, 2.75) is 44.8 Å². The summed E-state index contributed by atoms with van der Waals surface area (Å²) in [5.74, 6) is -1.25. The minimum Gasteiger partial charge on any atom is -0.496 e. The Labute approximate surface area is 242 Å². The molecule has 1 amide bonds. The molecule has 0 spiro atoms. The maximum Gasteiger partial charge on any atom is 0.326 e. The Morgan fingerprint density at radius 1 is 1.02 bits per heavy atom. The van der Waals surface area contributed by atoms with Crippen molar-refractivity contribution in [1.82, 2.24) is 14.5 Å². The number of ether oxygens (including phenoxy) is 1. The zero-order valence-electron chi connectivity index (χ0n) is 22.2. The average molecular weight is 578 g/mol. The number of hydrogen-bond donors (Lipinski definition) is 1. The van der Waals surface area contributed by atoms with Crippen LogP contribution in [0.2, 0.25) is 10.0 Å². The van der Waals surface area contributed by atoms with E-state index in [-0.39, 0.29) is 18.9 Å². The summed E-state index contributed by atoms with van der Waals surface area (Å²) in [6, 6.07) is 19.1. The lowest BCUT2D eigenvalue weighted by Crippen LogP contribution is -2.50. The van der Waals surface area contributed by atoms with E-state index in [0.29, 0.717) is 33.4 Å². The SMILES string of the molecule is COc1ccc(CCn2cnc3c2C[C@@H](C(=O)O)N(C(=O)C(c2ccc(Cl)cc2)c2ccc(Cl)cc2)C3)cc1C. The number of imidazole rings is 1. The number of carboxylic acid groups (broad SMARTS) is 1. The van der Waals surface area contributed by atoms with Crippen LogP contribution in [0.5, 0.6) is 5.75 Å². The Bertz CT molecular complexity index is 1490. The van der Waals surface area contributed by atoms with Crippen LogP contribution < -0.4 is 4.74 Å². The van der Waals surface area contributed by atoms with Crippen LogP contribution in [0.3, 0.4) is 0 Å². The summed E-state index contributed by atoms with van der Waals surface area (Å²) in [6.07, 6.45) is 2.67. The third kappa shape index (κ3) is 5.71. The standard InChI is InChI=1S/C31H29Cl2N3O4/c1-19-15-20(3-12-28(19)40-2)13-14-35-18-34-25-17-36(27(31(38)39)16-26(25)35)30(37)29(21-4-8-23(32)9-5-21)22-6-10-24(33)11-7-22/h3-12,15,18,27,29H,13-14,16-17H2,1-2H3,(H,38,39)/t27-/m0/s1. The van der Waals surface area contributed by atoms with E-state index in [9.17, 15) is 14.7 Å². The minimum absolute atomic E-state index is 0.109. The number of rotatable bonds is 8. The van der Waals surface area contributed by atoms with Crippen molar-refractivity contribution < 1.29 is 19.4 Å². The van der Waals surface area contributed by atoms with Crippen LogP contribution in [-0.2, 0) is 35.5 Å². The number of benzene rings is 3. The van der Waals surface area contributed by atoms with Crippen molar-refractivity contribution >= 4 is 35.1 Å². The molecule has 206 valence electrons. The van der Waals surface area contributed by atoms with Gasteiger partial charge >= 0.3 is 5.97 Å². The second kappa shape index (κ2) is 11.7. The molecule has 9 heteroatoms. The Morgan fingerprint density at radius 3 is 2.20 bits per heavy atom. The highest BCUT2D eigenvalue weighted by molar-refractivity contribution is 6.30. The number of nitrogens with zero attached hydrogens (tertiary/aromatic N) is 3. The van der Waals surface area contributed by atoms with E-state index in [1.54, 1.807) is 62.0 Å². The van der Waals surface area contributed by atoms with Crippen LogP contribution in [0.15, 0.2) is 73.1 Å². The molecule has 2 heterocycles. The number of amides is 1. The quantitative estimate of drug-likeness (QED) is 0.281. The second-order valence-corrected chi connectivity index (χ2v) is 10.8. The number of fused-ring (bicyclic) bond motifs is 1. The highest BCUT2D eigenvalue weighted by Crippen LogP contribution is 2.33. The van der Waals surface area contributed by atoms with Gasteiger partial charge in [0.15, 0.2) is 0 Å². The lowest BCUT2D eigenvalue weighted by Gasteiger charge is -2.35. The predicted molar refractivity (Wildman–Crippen MR) is 154 cm³/mol. The van der Waals surface area contributed by atoms with Gasteiger partial charge in [0, 0.05) is 28.7 Å². The number of carbonyl (C=O) groups excluding carboxylic acids is 1. The summed E-state index contributed by atoms with van der Waals surface area (Å²) in [6.45, 7) is 2.76. The van der Waals surface area contributed by atoms with Crippen LogP contribution in [0, 0.1) is 6.92 Å². The number of aromatic nitrogens is 2. The highest BCUT2D eigenvalue weighted by Gasteiger charge is 2.40. The molecule has 0 unspecified atom stereocenters. The molecule has 0 aliphatic carbocycles. The molecule has 5 rings (SSSR count). The number of methoxy groups -OCH3 is 1. The van der Waals surface area contributed by atoms with Gasteiger partial charge < -0.3 is 19.3 Å². The topological polar surface area (TPSA) is 84.7 Å². The van der Waals surface area contributed by atoms with Gasteiger partial charge in [0.05, 0.1) is 31.6 Å². The first kappa shape index (κ1) is 27.7. The van der Waals surface area contributed by atoms with Crippen molar-refractivity contribution in [1.29, 1.82) is 0 Å². The molecule has 1 atom stereocenters. The predicted octanol–water partition coefficient (Wildman–Crippen LogP) is 5.92. The van der Waals surface area contributed by atoms with E-state index in [2.05, 4.69) is 11.1 Å². The van der Waals surface area contributed by atoms with Crippen molar-refractivity contribution in [2.24, 2.45) is 0 Å². The summed E-state index contributed by atoms with van der Waals surface area (Å²) in [7, 11) is 1.65. The number of carbonyl (C=O) groups is 2. The largest absolute Gasteiger partial charge is 0.496 e. The van der Waals surface area contributed by atoms with E-state index in [1.807, 2.05) is 23.6 Å². The smallest absolute Gasteiger partial charge is 0.326 e. The Balaban J connectivity index is 1.42. The molecule has 1 aliphatic heterocycles. The lowest BCUT2D eigenvalue weighted by molar-refractivity contribution is -0.151. The van der Waals surface area contributed by atoms with Gasteiger partial charge in [-0.3, -0.25) is 4.79 Å². The third-order valence-corrected chi connectivity index (χ3v) is 7.94. The first-order valence-electron chi connectivity index (χ1n) is 13.0. The molecular formula is C31H29Cl2N3O4. The molecule has 3 aromatic carbocycles. The molecule has 4 aromatic rings. The monoisotopic (exact) mass is 577 g/mol. The Morgan fingerprint density at radius 2 is 1.65 bits per heavy atom. The van der Waals surface area contributed by atoms with Crippen molar-refractivity contribution in [3.05, 3.63) is 117 Å². The number of hydrogen-bond acceptors (Lipinski definition) is 4. The lowest BCUT2D eigenvalue weighted by atomic mass is 9.88. The average Bonchev–Trinajstić information content (AvgIpc) is 3.35. The van der Waals surface area contributed by atoms with Gasteiger partial charge in [0.2, 0.25) is 5.91 Å². The van der Waals surface area contributed by atoms with Gasteiger partial charge in [-0.2, -0.15) is 0 Å². The van der Waals surface area contributed by atoms with Gasteiger partial charge in [-0.1, -0.05) is 59.6 Å². The van der Waals surface area contributed by atoms with Crippen LogP contribution in [0.4, 0.5) is 0 Å². The molecule has 0 saturated heterocycles. The van der Waals surface area contributed by atoms with Crippen molar-refractivity contribution in [3.63, 3.8) is 0 Å². The second-order valence-electron chi connectivity index (χ2n) is 9.95. The number of aliphatic carboxylic acids is 1. The molecule has 1 aliphatic rings. The van der Waals surface area contributed by atoms with Crippen LogP contribution in [-0.4, -0.2) is 44.6 Å². The van der Waals surface area contributed by atoms with E-state index in [4.69, 9.17) is 27.9 Å². The van der Waals surface area contributed by atoms with E-state index >= 15 is 0 Å².